The maximum absolute atomic E-state index is 11.5. The van der Waals surface area contributed by atoms with Gasteiger partial charge >= 0.3 is 5.00 Å². The van der Waals surface area contributed by atoms with Crippen LogP contribution in [-0.4, -0.2) is 34.9 Å². The zero-order valence-corrected chi connectivity index (χ0v) is 11.6. The Bertz CT molecular complexity index is 475. The van der Waals surface area contributed by atoms with Crippen molar-refractivity contribution < 1.29 is 9.72 Å². The van der Waals surface area contributed by atoms with Gasteiger partial charge < -0.3 is 10.2 Å². The highest BCUT2D eigenvalue weighted by atomic mass is 32.1. The summed E-state index contributed by atoms with van der Waals surface area (Å²) in [6, 6.07) is 1.77. The lowest BCUT2D eigenvalue weighted by molar-refractivity contribution is -0.380. The number of nitrogens with one attached hydrogen (secondary N) is 1. The van der Waals surface area contributed by atoms with Crippen molar-refractivity contribution in [2.45, 2.75) is 32.4 Å². The Morgan fingerprint density at radius 3 is 3.00 bits per heavy atom. The molecular weight excluding hydrogens is 266 g/mol. The van der Waals surface area contributed by atoms with Gasteiger partial charge in [-0.3, -0.25) is 14.9 Å². The first kappa shape index (κ1) is 14.0. The average Bonchev–Trinajstić information content (AvgIpc) is 2.97. The summed E-state index contributed by atoms with van der Waals surface area (Å²) >= 11 is 1.14. The van der Waals surface area contributed by atoms with Crippen molar-refractivity contribution >= 4 is 22.2 Å². The molecule has 1 unspecified atom stereocenters. The van der Waals surface area contributed by atoms with Gasteiger partial charge in [0.15, 0.2) is 0 Å². The lowest BCUT2D eigenvalue weighted by Crippen LogP contribution is -2.39. The first-order chi connectivity index (χ1) is 9.06. The van der Waals surface area contributed by atoms with Crippen LogP contribution in [-0.2, 0) is 11.3 Å². The molecule has 0 spiro atoms. The van der Waals surface area contributed by atoms with E-state index in [-0.39, 0.29) is 21.9 Å². The second-order valence-corrected chi connectivity index (χ2v) is 5.67. The number of rotatable bonds is 6. The molecule has 104 valence electrons. The predicted octanol–water partition coefficient (Wildman–Crippen LogP) is 1.76. The molecule has 2 heterocycles. The summed E-state index contributed by atoms with van der Waals surface area (Å²) in [4.78, 5) is 23.6. The van der Waals surface area contributed by atoms with Crippen molar-refractivity contribution in [3.05, 3.63) is 27.1 Å². The van der Waals surface area contributed by atoms with Gasteiger partial charge in [0.2, 0.25) is 5.91 Å². The van der Waals surface area contributed by atoms with Crippen LogP contribution >= 0.6 is 11.3 Å². The van der Waals surface area contributed by atoms with Crippen LogP contribution in [0.2, 0.25) is 0 Å². The zero-order valence-electron chi connectivity index (χ0n) is 10.8. The van der Waals surface area contributed by atoms with Crippen molar-refractivity contribution in [2.24, 2.45) is 0 Å². The first-order valence-corrected chi connectivity index (χ1v) is 7.17. The normalized spacial score (nSPS) is 16.9. The molecule has 1 aromatic rings. The molecule has 0 aliphatic carbocycles. The molecular formula is C12H17N3O3S. The van der Waals surface area contributed by atoms with E-state index in [4.69, 9.17) is 0 Å². The van der Waals surface area contributed by atoms with Crippen LogP contribution in [0.5, 0.6) is 0 Å². The summed E-state index contributed by atoms with van der Waals surface area (Å²) in [6.45, 7) is 4.15. The Morgan fingerprint density at radius 1 is 1.63 bits per heavy atom. The third kappa shape index (κ3) is 3.74. The lowest BCUT2D eigenvalue weighted by atomic mass is 10.2. The van der Waals surface area contributed by atoms with Crippen molar-refractivity contribution in [1.82, 2.24) is 10.2 Å². The van der Waals surface area contributed by atoms with Gasteiger partial charge in [-0.05, 0) is 18.9 Å². The number of carbonyl (C=O) groups excluding carboxylic acids is 1. The van der Waals surface area contributed by atoms with Crippen molar-refractivity contribution in [2.75, 3.05) is 13.1 Å². The number of amides is 1. The molecule has 1 aliphatic rings. The predicted molar refractivity (Wildman–Crippen MR) is 73.1 cm³/mol. The van der Waals surface area contributed by atoms with E-state index in [2.05, 4.69) is 5.32 Å². The molecule has 0 bridgehead atoms. The minimum absolute atomic E-state index is 0.166. The Balaban J connectivity index is 1.77. The molecule has 1 amide bonds. The van der Waals surface area contributed by atoms with E-state index >= 15 is 0 Å². The van der Waals surface area contributed by atoms with Crippen molar-refractivity contribution in [1.29, 1.82) is 0 Å². The average molecular weight is 283 g/mol. The second-order valence-electron chi connectivity index (χ2n) is 4.78. The van der Waals surface area contributed by atoms with Crippen molar-refractivity contribution in [3.63, 3.8) is 0 Å². The Kier molecular flexibility index (Phi) is 4.49. The number of nitrogens with zero attached hydrogens (tertiary/aromatic N) is 2. The molecule has 0 saturated carbocycles. The highest BCUT2D eigenvalue weighted by Crippen LogP contribution is 2.22. The van der Waals surface area contributed by atoms with Crippen LogP contribution in [0.25, 0.3) is 0 Å². The molecule has 0 aromatic carbocycles. The van der Waals surface area contributed by atoms with Gasteiger partial charge in [0, 0.05) is 43.5 Å². The van der Waals surface area contributed by atoms with E-state index in [0.29, 0.717) is 19.5 Å². The Labute approximate surface area is 115 Å². The summed E-state index contributed by atoms with van der Waals surface area (Å²) in [5.74, 6) is 0.222. The minimum atomic E-state index is -0.375. The Morgan fingerprint density at radius 2 is 2.42 bits per heavy atom. The summed E-state index contributed by atoms with van der Waals surface area (Å²) in [6.07, 6.45) is 1.60. The topological polar surface area (TPSA) is 75.5 Å². The van der Waals surface area contributed by atoms with E-state index in [1.54, 1.807) is 11.4 Å². The molecule has 1 aromatic heterocycles. The molecule has 19 heavy (non-hydrogen) atoms. The van der Waals surface area contributed by atoms with Crippen LogP contribution in [0.15, 0.2) is 11.4 Å². The standard InChI is InChI=1S/C12H17N3O3S/c1-9(7-14-4-2-3-11(14)16)13-6-10-5-12(15(17)18)19-8-10/h5,8-9,13H,2-4,6-7H2,1H3. The number of hydrogen-bond acceptors (Lipinski definition) is 5. The molecule has 1 atom stereocenters. The Hall–Kier alpha value is -1.47. The minimum Gasteiger partial charge on any atom is -0.341 e. The lowest BCUT2D eigenvalue weighted by Gasteiger charge is -2.21. The second kappa shape index (κ2) is 6.12. The number of thiophene rings is 1. The molecule has 7 heteroatoms. The fourth-order valence-corrected chi connectivity index (χ4v) is 2.86. The SMILES string of the molecule is CC(CN1CCCC1=O)NCc1csc([N+](=O)[O-])c1. The summed E-state index contributed by atoms with van der Waals surface area (Å²) < 4.78 is 0. The zero-order chi connectivity index (χ0) is 13.8. The molecule has 1 saturated heterocycles. The van der Waals surface area contributed by atoms with E-state index in [9.17, 15) is 14.9 Å². The monoisotopic (exact) mass is 283 g/mol. The smallest absolute Gasteiger partial charge is 0.324 e. The van der Waals surface area contributed by atoms with Gasteiger partial charge in [-0.2, -0.15) is 0 Å². The molecule has 6 nitrogen and oxygen atoms in total. The maximum Gasteiger partial charge on any atom is 0.324 e. The number of nitro groups is 1. The summed E-state index contributed by atoms with van der Waals surface area (Å²) in [5.41, 5.74) is 0.913. The van der Waals surface area contributed by atoms with Gasteiger partial charge in [-0.25, -0.2) is 0 Å². The maximum atomic E-state index is 11.5. The van der Waals surface area contributed by atoms with Gasteiger partial charge in [-0.15, -0.1) is 0 Å². The van der Waals surface area contributed by atoms with Gasteiger partial charge in [0.25, 0.3) is 0 Å². The molecule has 1 fully saturated rings. The highest BCUT2D eigenvalue weighted by Gasteiger charge is 2.21. The molecule has 1 N–H and O–H groups in total. The van der Waals surface area contributed by atoms with Gasteiger partial charge in [-0.1, -0.05) is 11.3 Å². The van der Waals surface area contributed by atoms with Gasteiger partial charge in [0.1, 0.15) is 0 Å². The quantitative estimate of drug-likeness (QED) is 0.637. The number of hydrogen-bond donors (Lipinski definition) is 1. The third-order valence-electron chi connectivity index (χ3n) is 3.14. The summed E-state index contributed by atoms with van der Waals surface area (Å²) in [5, 5.41) is 15.8. The van der Waals surface area contributed by atoms with Crippen LogP contribution in [0, 0.1) is 10.1 Å². The largest absolute Gasteiger partial charge is 0.341 e. The number of carbonyl (C=O) groups is 1. The van der Waals surface area contributed by atoms with Crippen molar-refractivity contribution in [3.8, 4) is 0 Å². The van der Waals surface area contributed by atoms with Crippen LogP contribution < -0.4 is 5.32 Å². The van der Waals surface area contributed by atoms with E-state index in [1.165, 1.54) is 0 Å². The van der Waals surface area contributed by atoms with Crippen LogP contribution in [0.3, 0.4) is 0 Å². The highest BCUT2D eigenvalue weighted by molar-refractivity contribution is 7.13. The van der Waals surface area contributed by atoms with E-state index < -0.39 is 0 Å². The van der Waals surface area contributed by atoms with Crippen LogP contribution in [0.4, 0.5) is 5.00 Å². The third-order valence-corrected chi connectivity index (χ3v) is 4.07. The molecule has 0 radical (unpaired) electrons. The first-order valence-electron chi connectivity index (χ1n) is 6.29. The molecule has 1 aliphatic heterocycles. The molecule has 2 rings (SSSR count). The number of likely N-dealkylation sites (tertiary alicyclic amines) is 1. The van der Waals surface area contributed by atoms with E-state index in [0.717, 1.165) is 29.9 Å². The van der Waals surface area contributed by atoms with E-state index in [1.807, 2.05) is 11.8 Å². The van der Waals surface area contributed by atoms with Gasteiger partial charge in [0.05, 0.1) is 4.92 Å². The fourth-order valence-electron chi connectivity index (χ4n) is 2.14. The fraction of sp³-hybridized carbons (Fsp3) is 0.583. The van der Waals surface area contributed by atoms with Crippen LogP contribution in [0.1, 0.15) is 25.3 Å². The summed E-state index contributed by atoms with van der Waals surface area (Å²) in [7, 11) is 0.